The number of aromatic nitrogens is 2. The molecule has 1 aromatic carbocycles. The number of nitrogens with zero attached hydrogens (tertiary/aromatic N) is 2. The molecule has 23 heavy (non-hydrogen) atoms. The first-order valence-electron chi connectivity index (χ1n) is 7.39. The monoisotopic (exact) mass is 314 g/mol. The first-order chi connectivity index (χ1) is 11.1. The zero-order valence-corrected chi connectivity index (χ0v) is 12.1. The number of fused-ring (bicyclic) bond motifs is 5. The lowest BCUT2D eigenvalue weighted by molar-refractivity contribution is -0.133. The fraction of sp³-hybridized carbons (Fsp3) is 0.294. The molecule has 1 fully saturated rings. The third-order valence-electron chi connectivity index (χ3n) is 5.03. The van der Waals surface area contributed by atoms with Gasteiger partial charge in [-0.05, 0) is 48.9 Å². The average Bonchev–Trinajstić information content (AvgIpc) is 3.12. The number of benzene rings is 1. The average molecular weight is 314 g/mol. The van der Waals surface area contributed by atoms with Gasteiger partial charge < -0.3 is 0 Å². The van der Waals surface area contributed by atoms with E-state index in [9.17, 15) is 18.4 Å². The van der Waals surface area contributed by atoms with Crippen LogP contribution in [0.15, 0.2) is 24.3 Å². The van der Waals surface area contributed by atoms with Crippen LogP contribution in [0.4, 0.5) is 8.78 Å². The maximum absolute atomic E-state index is 13.9. The third-order valence-corrected chi connectivity index (χ3v) is 5.03. The summed E-state index contributed by atoms with van der Waals surface area (Å²) in [6.07, 6.45) is 2.20. The van der Waals surface area contributed by atoms with Crippen molar-refractivity contribution in [2.24, 2.45) is 0 Å². The lowest BCUT2D eigenvalue weighted by Gasteiger charge is -2.23. The third kappa shape index (κ3) is 1.81. The molecule has 0 spiro atoms. The molecule has 0 saturated heterocycles. The molecule has 116 valence electrons. The van der Waals surface area contributed by atoms with Crippen molar-refractivity contribution < 1.29 is 18.4 Å². The van der Waals surface area contributed by atoms with E-state index in [2.05, 4.69) is 10.2 Å². The van der Waals surface area contributed by atoms with Crippen molar-refractivity contribution in [3.05, 3.63) is 47.2 Å². The van der Waals surface area contributed by atoms with Crippen LogP contribution < -0.4 is 0 Å². The van der Waals surface area contributed by atoms with E-state index in [0.29, 0.717) is 24.8 Å². The molecular weight excluding hydrogens is 302 g/mol. The van der Waals surface area contributed by atoms with Gasteiger partial charge in [-0.1, -0.05) is 6.07 Å². The molecular formula is C17H12F2N2O2. The molecule has 2 aliphatic rings. The minimum Gasteiger partial charge on any atom is -0.295 e. The van der Waals surface area contributed by atoms with Crippen LogP contribution in [0.5, 0.6) is 0 Å². The number of carbonyl (C=O) groups excluding carboxylic acids is 2. The SMILES string of the molecule is O=CC(=O)[C@]12CC[C@H](C1)c1cc(-c3c(F)cccc3F)nnc12. The minimum atomic E-state index is -0.888. The van der Waals surface area contributed by atoms with Crippen molar-refractivity contribution in [1.29, 1.82) is 0 Å². The van der Waals surface area contributed by atoms with Gasteiger partial charge in [-0.25, -0.2) is 8.78 Å². The van der Waals surface area contributed by atoms with E-state index in [4.69, 9.17) is 0 Å². The van der Waals surface area contributed by atoms with Crippen molar-refractivity contribution in [2.75, 3.05) is 0 Å². The van der Waals surface area contributed by atoms with Crippen LogP contribution in [0.25, 0.3) is 11.3 Å². The summed E-state index contributed by atoms with van der Waals surface area (Å²) < 4.78 is 27.9. The summed E-state index contributed by atoms with van der Waals surface area (Å²) in [6.45, 7) is 0. The van der Waals surface area contributed by atoms with E-state index in [-0.39, 0.29) is 17.2 Å². The topological polar surface area (TPSA) is 59.9 Å². The fourth-order valence-corrected chi connectivity index (χ4v) is 3.93. The molecule has 0 amide bonds. The van der Waals surface area contributed by atoms with E-state index >= 15 is 0 Å². The Kier molecular flexibility index (Phi) is 2.91. The van der Waals surface area contributed by atoms with Gasteiger partial charge in [0.25, 0.3) is 0 Å². The molecule has 2 atom stereocenters. The van der Waals surface area contributed by atoms with E-state index in [1.54, 1.807) is 6.07 Å². The molecule has 0 radical (unpaired) electrons. The Hall–Kier alpha value is -2.50. The number of ketones is 1. The Labute approximate surface area is 130 Å². The molecule has 2 bridgehead atoms. The summed E-state index contributed by atoms with van der Waals surface area (Å²) in [7, 11) is 0. The van der Waals surface area contributed by atoms with E-state index in [1.807, 2.05) is 0 Å². The van der Waals surface area contributed by atoms with Gasteiger partial charge in [0.2, 0.25) is 5.78 Å². The lowest BCUT2D eigenvalue weighted by atomic mass is 9.79. The summed E-state index contributed by atoms with van der Waals surface area (Å²) in [5, 5.41) is 8.00. The highest BCUT2D eigenvalue weighted by molar-refractivity contribution is 6.29. The highest BCUT2D eigenvalue weighted by Gasteiger charge is 2.55. The van der Waals surface area contributed by atoms with Crippen molar-refractivity contribution >= 4 is 12.1 Å². The molecule has 1 saturated carbocycles. The van der Waals surface area contributed by atoms with Crippen LogP contribution in [0.1, 0.15) is 36.4 Å². The quantitative estimate of drug-likeness (QED) is 0.645. The second kappa shape index (κ2) is 4.75. The van der Waals surface area contributed by atoms with Crippen molar-refractivity contribution in [3.8, 4) is 11.3 Å². The number of aldehydes is 1. The molecule has 1 heterocycles. The predicted octanol–water partition coefficient (Wildman–Crippen LogP) is 2.71. The number of halogens is 2. The second-order valence-electron chi connectivity index (χ2n) is 6.13. The minimum absolute atomic E-state index is 0.0815. The summed E-state index contributed by atoms with van der Waals surface area (Å²) in [4.78, 5) is 23.0. The highest BCUT2D eigenvalue weighted by atomic mass is 19.1. The van der Waals surface area contributed by atoms with Crippen molar-refractivity contribution in [1.82, 2.24) is 10.2 Å². The van der Waals surface area contributed by atoms with Gasteiger partial charge in [-0.3, -0.25) is 9.59 Å². The fourth-order valence-electron chi connectivity index (χ4n) is 3.93. The number of carbonyl (C=O) groups is 2. The maximum atomic E-state index is 13.9. The largest absolute Gasteiger partial charge is 0.295 e. The molecule has 0 unspecified atom stereocenters. The summed E-state index contributed by atoms with van der Waals surface area (Å²) in [5.41, 5.74) is 0.272. The smallest absolute Gasteiger partial charge is 0.207 e. The van der Waals surface area contributed by atoms with E-state index < -0.39 is 22.8 Å². The predicted molar refractivity (Wildman–Crippen MR) is 76.7 cm³/mol. The van der Waals surface area contributed by atoms with Gasteiger partial charge in [0, 0.05) is 0 Å². The summed E-state index contributed by atoms with van der Waals surface area (Å²) in [5.74, 6) is -1.82. The molecule has 1 aromatic heterocycles. The van der Waals surface area contributed by atoms with Gasteiger partial charge in [-0.2, -0.15) is 5.10 Å². The molecule has 2 aromatic rings. The molecule has 0 aliphatic heterocycles. The van der Waals surface area contributed by atoms with Gasteiger partial charge in [0.1, 0.15) is 11.6 Å². The van der Waals surface area contributed by atoms with Crippen LogP contribution in [0.3, 0.4) is 0 Å². The molecule has 0 N–H and O–H groups in total. The zero-order valence-electron chi connectivity index (χ0n) is 12.1. The van der Waals surface area contributed by atoms with Crippen LogP contribution in [0.2, 0.25) is 0 Å². The van der Waals surface area contributed by atoms with Gasteiger partial charge in [0.05, 0.1) is 22.4 Å². The van der Waals surface area contributed by atoms with Crippen LogP contribution in [-0.4, -0.2) is 22.3 Å². The Bertz CT molecular complexity index is 832. The van der Waals surface area contributed by atoms with Gasteiger partial charge >= 0.3 is 0 Å². The van der Waals surface area contributed by atoms with Crippen LogP contribution >= 0.6 is 0 Å². The van der Waals surface area contributed by atoms with E-state index in [0.717, 1.165) is 24.1 Å². The van der Waals surface area contributed by atoms with Gasteiger partial charge in [0.15, 0.2) is 6.29 Å². The number of hydrogen-bond donors (Lipinski definition) is 0. The Morgan fingerprint density at radius 2 is 2.00 bits per heavy atom. The van der Waals surface area contributed by atoms with Gasteiger partial charge in [-0.15, -0.1) is 5.10 Å². The molecule has 4 rings (SSSR count). The molecule has 6 heteroatoms. The number of hydrogen-bond acceptors (Lipinski definition) is 4. The summed E-state index contributed by atoms with van der Waals surface area (Å²) >= 11 is 0. The zero-order chi connectivity index (χ0) is 16.2. The summed E-state index contributed by atoms with van der Waals surface area (Å²) in [6, 6.07) is 5.22. The number of rotatable bonds is 3. The van der Waals surface area contributed by atoms with Crippen molar-refractivity contribution in [2.45, 2.75) is 30.6 Å². The lowest BCUT2D eigenvalue weighted by Crippen LogP contribution is -2.34. The second-order valence-corrected chi connectivity index (χ2v) is 6.13. The van der Waals surface area contributed by atoms with Crippen LogP contribution in [0, 0.1) is 11.6 Å². The Morgan fingerprint density at radius 3 is 2.70 bits per heavy atom. The first-order valence-corrected chi connectivity index (χ1v) is 7.39. The van der Waals surface area contributed by atoms with Crippen LogP contribution in [-0.2, 0) is 15.0 Å². The normalized spacial score (nSPS) is 24.5. The maximum Gasteiger partial charge on any atom is 0.207 e. The molecule has 4 nitrogen and oxygen atoms in total. The Balaban J connectivity index is 1.87. The van der Waals surface area contributed by atoms with E-state index in [1.165, 1.54) is 6.07 Å². The standard InChI is InChI=1S/C17H12F2N2O2/c18-11-2-1-3-12(19)15(11)13-6-10-9-4-5-17(7-9,14(23)8-22)16(10)21-20-13/h1-3,6,8-9H,4-5,7H2/t9-,17+/m1/s1. The first kappa shape index (κ1) is 14.1. The van der Waals surface area contributed by atoms with Crippen molar-refractivity contribution in [3.63, 3.8) is 0 Å². The number of Topliss-reactive ketones (excluding diaryl/α,β-unsaturated/α-hetero) is 1. The highest BCUT2D eigenvalue weighted by Crippen LogP contribution is 2.56. The Morgan fingerprint density at radius 1 is 1.26 bits per heavy atom. The molecule has 2 aliphatic carbocycles.